The molecule has 7 nitrogen and oxygen atoms in total. The molecule has 2 rings (SSSR count). The second-order valence-electron chi connectivity index (χ2n) is 5.86. The summed E-state index contributed by atoms with van der Waals surface area (Å²) in [5.74, 6) is 1.98. The normalized spacial score (nSPS) is 10.3. The minimum Gasteiger partial charge on any atom is -0.493 e. The summed E-state index contributed by atoms with van der Waals surface area (Å²) in [6, 6.07) is 11.5. The lowest BCUT2D eigenvalue weighted by Crippen LogP contribution is -2.20. The molecule has 0 saturated carbocycles. The first kappa shape index (κ1) is 20.4. The van der Waals surface area contributed by atoms with Crippen molar-refractivity contribution in [1.29, 1.82) is 0 Å². The van der Waals surface area contributed by atoms with Gasteiger partial charge in [0.15, 0.2) is 29.6 Å². The van der Waals surface area contributed by atoms with Crippen LogP contribution in [0, 0.1) is 0 Å². The molecule has 0 heterocycles. The molecule has 0 radical (unpaired) electrons. The third-order valence-corrected chi connectivity index (χ3v) is 3.97. The van der Waals surface area contributed by atoms with Gasteiger partial charge in [-0.15, -0.1) is 0 Å². The van der Waals surface area contributed by atoms with E-state index >= 15 is 0 Å². The lowest BCUT2D eigenvalue weighted by Gasteiger charge is -2.12. The molecule has 0 atom stereocenters. The molecular weight excluding hydrogens is 348 g/mol. The summed E-state index contributed by atoms with van der Waals surface area (Å²) in [6.07, 6.45) is 0.858. The third kappa shape index (κ3) is 6.07. The van der Waals surface area contributed by atoms with Gasteiger partial charge in [0.2, 0.25) is 0 Å². The molecule has 7 heteroatoms. The highest BCUT2D eigenvalue weighted by molar-refractivity contribution is 5.75. The fourth-order valence-corrected chi connectivity index (χ4v) is 2.59. The molecule has 0 aliphatic heterocycles. The number of nitrogens with two attached hydrogens (primary N) is 1. The maximum Gasteiger partial charge on any atom is 0.255 e. The van der Waals surface area contributed by atoms with E-state index < -0.39 is 5.91 Å². The highest BCUT2D eigenvalue weighted by Crippen LogP contribution is 2.28. The Kier molecular flexibility index (Phi) is 7.76. The SMILES string of the molecule is COc1ccc(CCNCc2ccc(OCC(N)=O)c(OC)c2)cc1OC. The van der Waals surface area contributed by atoms with Crippen LogP contribution in [0.3, 0.4) is 0 Å². The summed E-state index contributed by atoms with van der Waals surface area (Å²) in [7, 11) is 4.81. The van der Waals surface area contributed by atoms with Crippen molar-refractivity contribution in [2.45, 2.75) is 13.0 Å². The number of carbonyl (C=O) groups is 1. The molecule has 3 N–H and O–H groups in total. The monoisotopic (exact) mass is 374 g/mol. The number of amides is 1. The molecule has 2 aromatic carbocycles. The number of primary amides is 1. The van der Waals surface area contributed by atoms with Crippen LogP contribution < -0.4 is 30.0 Å². The van der Waals surface area contributed by atoms with Crippen molar-refractivity contribution in [3.8, 4) is 23.0 Å². The van der Waals surface area contributed by atoms with Crippen LogP contribution in [0.25, 0.3) is 0 Å². The summed E-state index contributed by atoms with van der Waals surface area (Å²) >= 11 is 0. The van der Waals surface area contributed by atoms with Gasteiger partial charge in [-0.3, -0.25) is 4.79 Å². The van der Waals surface area contributed by atoms with Crippen LogP contribution >= 0.6 is 0 Å². The number of benzene rings is 2. The van der Waals surface area contributed by atoms with Gasteiger partial charge < -0.3 is 30.0 Å². The molecule has 0 fully saturated rings. The van der Waals surface area contributed by atoms with Crippen molar-refractivity contribution in [2.75, 3.05) is 34.5 Å². The number of hydrogen-bond acceptors (Lipinski definition) is 6. The Labute approximate surface area is 159 Å². The predicted octanol–water partition coefficient (Wildman–Crippen LogP) is 1.91. The van der Waals surface area contributed by atoms with Crippen molar-refractivity contribution >= 4 is 5.91 Å². The van der Waals surface area contributed by atoms with Gasteiger partial charge in [-0.2, -0.15) is 0 Å². The first-order valence-electron chi connectivity index (χ1n) is 8.57. The Morgan fingerprint density at radius 1 is 0.889 bits per heavy atom. The second-order valence-corrected chi connectivity index (χ2v) is 5.86. The van der Waals surface area contributed by atoms with Crippen LogP contribution in [0.1, 0.15) is 11.1 Å². The third-order valence-electron chi connectivity index (χ3n) is 3.97. The van der Waals surface area contributed by atoms with E-state index in [-0.39, 0.29) is 6.61 Å². The van der Waals surface area contributed by atoms with Crippen LogP contribution in [-0.4, -0.2) is 40.4 Å². The van der Waals surface area contributed by atoms with Gasteiger partial charge in [0.25, 0.3) is 5.91 Å². The molecule has 27 heavy (non-hydrogen) atoms. The lowest BCUT2D eigenvalue weighted by molar-refractivity contribution is -0.119. The Hall–Kier alpha value is -2.93. The van der Waals surface area contributed by atoms with Gasteiger partial charge in [0, 0.05) is 6.54 Å². The van der Waals surface area contributed by atoms with E-state index in [9.17, 15) is 4.79 Å². The van der Waals surface area contributed by atoms with Crippen LogP contribution in [0.2, 0.25) is 0 Å². The van der Waals surface area contributed by atoms with Gasteiger partial charge in [-0.05, 0) is 48.4 Å². The highest BCUT2D eigenvalue weighted by Gasteiger charge is 2.08. The molecule has 0 spiro atoms. The van der Waals surface area contributed by atoms with Crippen LogP contribution in [0.4, 0.5) is 0 Å². The van der Waals surface area contributed by atoms with E-state index in [2.05, 4.69) is 5.32 Å². The summed E-state index contributed by atoms with van der Waals surface area (Å²) in [5, 5.41) is 3.39. The van der Waals surface area contributed by atoms with E-state index in [1.807, 2.05) is 30.3 Å². The maximum absolute atomic E-state index is 10.8. The number of ether oxygens (including phenoxy) is 4. The minimum absolute atomic E-state index is 0.181. The van der Waals surface area contributed by atoms with Crippen molar-refractivity contribution < 1.29 is 23.7 Å². The van der Waals surface area contributed by atoms with E-state index in [0.29, 0.717) is 18.0 Å². The van der Waals surface area contributed by atoms with E-state index in [4.69, 9.17) is 24.7 Å². The van der Waals surface area contributed by atoms with Gasteiger partial charge in [0.05, 0.1) is 21.3 Å². The van der Waals surface area contributed by atoms with Crippen LogP contribution in [0.15, 0.2) is 36.4 Å². The smallest absolute Gasteiger partial charge is 0.255 e. The summed E-state index contributed by atoms with van der Waals surface area (Å²) in [5.41, 5.74) is 7.30. The number of hydrogen-bond donors (Lipinski definition) is 2. The largest absolute Gasteiger partial charge is 0.493 e. The molecule has 2 aromatic rings. The first-order chi connectivity index (χ1) is 13.1. The second kappa shape index (κ2) is 10.3. The number of carbonyl (C=O) groups excluding carboxylic acids is 1. The zero-order chi connectivity index (χ0) is 19.6. The van der Waals surface area contributed by atoms with Crippen LogP contribution in [0.5, 0.6) is 23.0 Å². The molecule has 0 bridgehead atoms. The Morgan fingerprint density at radius 2 is 1.48 bits per heavy atom. The zero-order valence-electron chi connectivity index (χ0n) is 15.9. The Bertz CT molecular complexity index is 764. The number of nitrogens with one attached hydrogen (secondary N) is 1. The summed E-state index contributed by atoms with van der Waals surface area (Å²) < 4.78 is 21.2. The average molecular weight is 374 g/mol. The van der Waals surface area contributed by atoms with Gasteiger partial charge in [-0.1, -0.05) is 12.1 Å². The molecule has 0 aliphatic rings. The molecule has 0 unspecified atom stereocenters. The quantitative estimate of drug-likeness (QED) is 0.584. The summed E-state index contributed by atoms with van der Waals surface area (Å²) in [4.78, 5) is 10.8. The molecule has 0 saturated heterocycles. The van der Waals surface area contributed by atoms with Gasteiger partial charge in [-0.25, -0.2) is 0 Å². The van der Waals surface area contributed by atoms with Crippen molar-refractivity contribution in [2.24, 2.45) is 5.73 Å². The highest BCUT2D eigenvalue weighted by atomic mass is 16.5. The zero-order valence-corrected chi connectivity index (χ0v) is 15.9. The van der Waals surface area contributed by atoms with Crippen molar-refractivity contribution in [3.63, 3.8) is 0 Å². The Balaban J connectivity index is 1.87. The fourth-order valence-electron chi connectivity index (χ4n) is 2.59. The molecule has 1 amide bonds. The standard InChI is InChI=1S/C20H26N2O5/c1-24-16-6-4-14(10-18(16)25-2)8-9-22-12-15-5-7-17(19(11-15)26-3)27-13-20(21)23/h4-7,10-11,22H,8-9,12-13H2,1-3H3,(H2,21,23). The number of methoxy groups -OCH3 is 3. The molecular formula is C20H26N2O5. The minimum atomic E-state index is -0.530. The molecule has 146 valence electrons. The molecule has 0 aliphatic carbocycles. The van der Waals surface area contributed by atoms with Crippen LogP contribution in [-0.2, 0) is 17.8 Å². The predicted molar refractivity (Wildman–Crippen MR) is 103 cm³/mol. The number of rotatable bonds is 11. The fraction of sp³-hybridized carbons (Fsp3) is 0.350. The van der Waals surface area contributed by atoms with Crippen molar-refractivity contribution in [1.82, 2.24) is 5.32 Å². The topological polar surface area (TPSA) is 92.0 Å². The average Bonchev–Trinajstić information content (AvgIpc) is 2.69. The lowest BCUT2D eigenvalue weighted by atomic mass is 10.1. The van der Waals surface area contributed by atoms with Gasteiger partial charge in [0.1, 0.15) is 0 Å². The Morgan fingerprint density at radius 3 is 2.15 bits per heavy atom. The summed E-state index contributed by atoms with van der Waals surface area (Å²) in [6.45, 7) is 1.30. The van der Waals surface area contributed by atoms with Crippen molar-refractivity contribution in [3.05, 3.63) is 47.5 Å². The van der Waals surface area contributed by atoms with E-state index in [1.54, 1.807) is 27.4 Å². The van der Waals surface area contributed by atoms with E-state index in [0.717, 1.165) is 35.6 Å². The van der Waals surface area contributed by atoms with E-state index in [1.165, 1.54) is 0 Å². The molecule has 0 aromatic heterocycles. The first-order valence-corrected chi connectivity index (χ1v) is 8.57. The van der Waals surface area contributed by atoms with Gasteiger partial charge >= 0.3 is 0 Å². The maximum atomic E-state index is 10.8.